The zero-order valence-corrected chi connectivity index (χ0v) is 10.8. The van der Waals surface area contributed by atoms with Gasteiger partial charge in [-0.15, -0.1) is 0 Å². The van der Waals surface area contributed by atoms with Gasteiger partial charge >= 0.3 is 0 Å². The second-order valence-corrected chi connectivity index (χ2v) is 4.28. The zero-order chi connectivity index (χ0) is 13.8. The van der Waals surface area contributed by atoms with Gasteiger partial charge in [0.25, 0.3) is 5.69 Å². The maximum Gasteiger partial charge on any atom is 0.269 e. The molecule has 0 radical (unpaired) electrons. The molecule has 0 aliphatic heterocycles. The summed E-state index contributed by atoms with van der Waals surface area (Å²) in [5.74, 6) is 1.44. The van der Waals surface area contributed by atoms with Crippen molar-refractivity contribution in [3.63, 3.8) is 0 Å². The molecule has 0 saturated heterocycles. The SMILES string of the molecule is Cc1nc(CNCc2cccc([N+](=O)[O-])c2)oc1C. The van der Waals surface area contributed by atoms with Crippen LogP contribution in [0.15, 0.2) is 28.7 Å². The number of nitrogens with zero attached hydrogens (tertiary/aromatic N) is 2. The van der Waals surface area contributed by atoms with Gasteiger partial charge in [0.05, 0.1) is 17.2 Å². The number of non-ortho nitro benzene ring substituents is 1. The van der Waals surface area contributed by atoms with Crippen LogP contribution < -0.4 is 5.32 Å². The highest BCUT2D eigenvalue weighted by molar-refractivity contribution is 5.34. The Bertz CT molecular complexity index is 573. The van der Waals surface area contributed by atoms with Gasteiger partial charge < -0.3 is 9.73 Å². The van der Waals surface area contributed by atoms with Crippen LogP contribution in [-0.2, 0) is 13.1 Å². The molecule has 6 heteroatoms. The Morgan fingerprint density at radius 1 is 1.37 bits per heavy atom. The van der Waals surface area contributed by atoms with E-state index in [1.165, 1.54) is 6.07 Å². The molecule has 0 amide bonds. The third kappa shape index (κ3) is 3.38. The van der Waals surface area contributed by atoms with Gasteiger partial charge in [-0.05, 0) is 19.4 Å². The molecule has 0 bridgehead atoms. The van der Waals surface area contributed by atoms with E-state index in [1.54, 1.807) is 12.1 Å². The summed E-state index contributed by atoms with van der Waals surface area (Å²) in [6.45, 7) is 4.79. The minimum Gasteiger partial charge on any atom is -0.444 e. The summed E-state index contributed by atoms with van der Waals surface area (Å²) in [6.07, 6.45) is 0. The molecule has 19 heavy (non-hydrogen) atoms. The van der Waals surface area contributed by atoms with Crippen molar-refractivity contribution in [1.82, 2.24) is 10.3 Å². The van der Waals surface area contributed by atoms with Crippen molar-refractivity contribution in [2.45, 2.75) is 26.9 Å². The molecule has 1 N–H and O–H groups in total. The quantitative estimate of drug-likeness (QED) is 0.660. The van der Waals surface area contributed by atoms with Crippen LogP contribution in [0.5, 0.6) is 0 Å². The van der Waals surface area contributed by atoms with E-state index in [2.05, 4.69) is 10.3 Å². The first-order valence-corrected chi connectivity index (χ1v) is 5.93. The summed E-state index contributed by atoms with van der Waals surface area (Å²) in [5.41, 5.74) is 1.84. The second kappa shape index (κ2) is 5.62. The number of rotatable bonds is 5. The molecular weight excluding hydrogens is 246 g/mol. The number of aromatic nitrogens is 1. The number of aryl methyl sites for hydroxylation is 2. The molecule has 0 spiro atoms. The fourth-order valence-corrected chi connectivity index (χ4v) is 1.71. The molecular formula is C13H15N3O3. The topological polar surface area (TPSA) is 81.2 Å². The molecule has 0 unspecified atom stereocenters. The fraction of sp³-hybridized carbons (Fsp3) is 0.308. The van der Waals surface area contributed by atoms with Crippen LogP contribution in [0.3, 0.4) is 0 Å². The Labute approximate surface area is 110 Å². The van der Waals surface area contributed by atoms with E-state index >= 15 is 0 Å². The minimum atomic E-state index is -0.399. The molecule has 1 aromatic heterocycles. The van der Waals surface area contributed by atoms with E-state index in [0.29, 0.717) is 19.0 Å². The monoisotopic (exact) mass is 261 g/mol. The largest absolute Gasteiger partial charge is 0.444 e. The van der Waals surface area contributed by atoms with Crippen molar-refractivity contribution in [2.75, 3.05) is 0 Å². The third-order valence-electron chi connectivity index (χ3n) is 2.80. The lowest BCUT2D eigenvalue weighted by molar-refractivity contribution is -0.384. The van der Waals surface area contributed by atoms with Crippen LogP contribution in [0.2, 0.25) is 0 Å². The predicted molar refractivity (Wildman–Crippen MR) is 69.6 cm³/mol. The van der Waals surface area contributed by atoms with Gasteiger partial charge in [-0.1, -0.05) is 12.1 Å². The van der Waals surface area contributed by atoms with E-state index < -0.39 is 4.92 Å². The van der Waals surface area contributed by atoms with Gasteiger partial charge in [-0.3, -0.25) is 10.1 Å². The summed E-state index contributed by atoms with van der Waals surface area (Å²) in [4.78, 5) is 14.5. The van der Waals surface area contributed by atoms with Crippen LogP contribution in [0.1, 0.15) is 22.9 Å². The van der Waals surface area contributed by atoms with Gasteiger partial charge in [-0.2, -0.15) is 0 Å². The third-order valence-corrected chi connectivity index (χ3v) is 2.80. The zero-order valence-electron chi connectivity index (χ0n) is 10.8. The van der Waals surface area contributed by atoms with Crippen LogP contribution in [0, 0.1) is 24.0 Å². The van der Waals surface area contributed by atoms with Crippen LogP contribution in [0.25, 0.3) is 0 Å². The first kappa shape index (κ1) is 13.2. The number of oxazole rings is 1. The molecule has 0 fully saturated rings. The van der Waals surface area contributed by atoms with Crippen molar-refractivity contribution in [1.29, 1.82) is 0 Å². The van der Waals surface area contributed by atoms with Crippen molar-refractivity contribution in [3.8, 4) is 0 Å². The highest BCUT2D eigenvalue weighted by Crippen LogP contribution is 2.13. The lowest BCUT2D eigenvalue weighted by Crippen LogP contribution is -2.13. The molecule has 1 heterocycles. The number of hydrogen-bond acceptors (Lipinski definition) is 5. The van der Waals surface area contributed by atoms with Crippen molar-refractivity contribution >= 4 is 5.69 Å². The summed E-state index contributed by atoms with van der Waals surface area (Å²) in [6, 6.07) is 6.55. The highest BCUT2D eigenvalue weighted by atomic mass is 16.6. The summed E-state index contributed by atoms with van der Waals surface area (Å²) < 4.78 is 5.43. The van der Waals surface area contributed by atoms with Gasteiger partial charge in [0, 0.05) is 18.7 Å². The molecule has 1 aromatic carbocycles. The van der Waals surface area contributed by atoms with Crippen LogP contribution >= 0.6 is 0 Å². The summed E-state index contributed by atoms with van der Waals surface area (Å²) >= 11 is 0. The van der Waals surface area contributed by atoms with Crippen LogP contribution in [-0.4, -0.2) is 9.91 Å². The van der Waals surface area contributed by atoms with Gasteiger partial charge in [0.15, 0.2) is 0 Å². The lowest BCUT2D eigenvalue weighted by atomic mass is 10.2. The molecule has 100 valence electrons. The molecule has 0 aliphatic rings. The van der Waals surface area contributed by atoms with E-state index in [0.717, 1.165) is 17.0 Å². The number of nitro groups is 1. The molecule has 6 nitrogen and oxygen atoms in total. The number of nitro benzene ring substituents is 1. The maximum absolute atomic E-state index is 10.6. The Balaban J connectivity index is 1.92. The first-order valence-electron chi connectivity index (χ1n) is 5.93. The standard InChI is InChI=1S/C13H15N3O3/c1-9-10(2)19-13(15-9)8-14-7-11-4-3-5-12(6-11)16(17)18/h3-6,14H,7-8H2,1-2H3. The summed E-state index contributed by atoms with van der Waals surface area (Å²) in [5, 5.41) is 13.8. The second-order valence-electron chi connectivity index (χ2n) is 4.28. The molecule has 2 aromatic rings. The normalized spacial score (nSPS) is 10.6. The highest BCUT2D eigenvalue weighted by Gasteiger charge is 2.07. The Morgan fingerprint density at radius 2 is 2.16 bits per heavy atom. The first-order chi connectivity index (χ1) is 9.06. The average Bonchev–Trinajstić information content (AvgIpc) is 2.69. The molecule has 2 rings (SSSR count). The van der Waals surface area contributed by atoms with Gasteiger partial charge in [-0.25, -0.2) is 4.98 Å². The number of nitrogens with one attached hydrogen (secondary N) is 1. The smallest absolute Gasteiger partial charge is 0.269 e. The fourth-order valence-electron chi connectivity index (χ4n) is 1.71. The van der Waals surface area contributed by atoms with E-state index in [9.17, 15) is 10.1 Å². The van der Waals surface area contributed by atoms with E-state index in [1.807, 2.05) is 19.9 Å². The number of benzene rings is 1. The van der Waals surface area contributed by atoms with E-state index in [-0.39, 0.29) is 5.69 Å². The van der Waals surface area contributed by atoms with Crippen molar-refractivity contribution < 1.29 is 9.34 Å². The maximum atomic E-state index is 10.6. The number of hydrogen-bond donors (Lipinski definition) is 1. The van der Waals surface area contributed by atoms with Crippen LogP contribution in [0.4, 0.5) is 5.69 Å². The molecule has 0 aliphatic carbocycles. The van der Waals surface area contributed by atoms with Gasteiger partial charge in [0.2, 0.25) is 5.89 Å². The Morgan fingerprint density at radius 3 is 2.79 bits per heavy atom. The van der Waals surface area contributed by atoms with E-state index in [4.69, 9.17) is 4.42 Å². The predicted octanol–water partition coefficient (Wildman–Crippen LogP) is 2.49. The molecule has 0 saturated carbocycles. The minimum absolute atomic E-state index is 0.0992. The Kier molecular flexibility index (Phi) is 3.91. The average molecular weight is 261 g/mol. The Hall–Kier alpha value is -2.21. The molecule has 0 atom stereocenters. The van der Waals surface area contributed by atoms with Gasteiger partial charge in [0.1, 0.15) is 5.76 Å². The van der Waals surface area contributed by atoms with Crippen molar-refractivity contribution in [3.05, 3.63) is 57.3 Å². The van der Waals surface area contributed by atoms with Crippen molar-refractivity contribution in [2.24, 2.45) is 0 Å². The lowest BCUT2D eigenvalue weighted by Gasteiger charge is -2.02. The summed E-state index contributed by atoms with van der Waals surface area (Å²) in [7, 11) is 0.